The number of ether oxygens (including phenoxy) is 1. The predicted octanol–water partition coefficient (Wildman–Crippen LogP) is 1.44. The number of rotatable bonds is 8. The number of likely N-dealkylation sites (tertiary alicyclic amines) is 1. The highest BCUT2D eigenvalue weighted by Gasteiger charge is 2.33. The number of amides is 3. The maximum absolute atomic E-state index is 12.9. The molecule has 0 spiro atoms. The SMILES string of the molecule is COc1ccc(CNC(=O)[C@@H](NC(=O)C2CCN(C(=O)[C@@H]3CCCN3)CC2)C(C)C)cc1. The van der Waals surface area contributed by atoms with E-state index in [4.69, 9.17) is 4.74 Å². The second-order valence-corrected chi connectivity index (χ2v) is 9.04. The van der Waals surface area contributed by atoms with E-state index in [0.717, 1.165) is 30.7 Å². The normalized spacial score (nSPS) is 20.1. The van der Waals surface area contributed by atoms with Crippen LogP contribution in [0.4, 0.5) is 0 Å². The maximum Gasteiger partial charge on any atom is 0.243 e. The number of methoxy groups -OCH3 is 1. The topological polar surface area (TPSA) is 99.8 Å². The van der Waals surface area contributed by atoms with Crippen LogP contribution in [0, 0.1) is 11.8 Å². The fourth-order valence-electron chi connectivity index (χ4n) is 4.33. The molecule has 3 N–H and O–H groups in total. The molecule has 0 radical (unpaired) electrons. The number of nitrogens with one attached hydrogen (secondary N) is 3. The van der Waals surface area contributed by atoms with Gasteiger partial charge in [0.1, 0.15) is 11.8 Å². The molecule has 176 valence electrons. The molecular formula is C24H36N4O4. The first-order valence-corrected chi connectivity index (χ1v) is 11.6. The van der Waals surface area contributed by atoms with Gasteiger partial charge in [-0.05, 0) is 55.8 Å². The van der Waals surface area contributed by atoms with Gasteiger partial charge in [0.25, 0.3) is 0 Å². The van der Waals surface area contributed by atoms with Gasteiger partial charge in [-0.2, -0.15) is 0 Å². The number of piperidine rings is 1. The van der Waals surface area contributed by atoms with Gasteiger partial charge in [-0.15, -0.1) is 0 Å². The Balaban J connectivity index is 1.47. The van der Waals surface area contributed by atoms with Crippen LogP contribution in [0.5, 0.6) is 5.75 Å². The number of hydrogen-bond donors (Lipinski definition) is 3. The van der Waals surface area contributed by atoms with Crippen LogP contribution in [0.3, 0.4) is 0 Å². The molecule has 2 fully saturated rings. The van der Waals surface area contributed by atoms with E-state index in [1.807, 2.05) is 43.0 Å². The molecule has 0 aromatic heterocycles. The first kappa shape index (κ1) is 24.0. The summed E-state index contributed by atoms with van der Waals surface area (Å²) in [6.45, 7) is 6.31. The van der Waals surface area contributed by atoms with Crippen molar-refractivity contribution in [2.24, 2.45) is 11.8 Å². The van der Waals surface area contributed by atoms with Crippen molar-refractivity contribution >= 4 is 17.7 Å². The predicted molar refractivity (Wildman–Crippen MR) is 122 cm³/mol. The number of carbonyl (C=O) groups is 3. The highest BCUT2D eigenvalue weighted by atomic mass is 16.5. The van der Waals surface area contributed by atoms with Crippen LogP contribution in [0.15, 0.2) is 24.3 Å². The molecule has 1 aromatic carbocycles. The minimum Gasteiger partial charge on any atom is -0.497 e. The standard InChI is InChI=1S/C24H36N4O4/c1-16(2)21(23(30)26-15-17-6-8-19(32-3)9-7-17)27-22(29)18-10-13-28(14-11-18)24(31)20-5-4-12-25-20/h6-9,16,18,20-21,25H,4-5,10-15H2,1-3H3,(H,26,30)(H,27,29)/t20-,21-/m0/s1. The van der Waals surface area contributed by atoms with Crippen LogP contribution in [-0.2, 0) is 20.9 Å². The molecule has 3 amide bonds. The summed E-state index contributed by atoms with van der Waals surface area (Å²) in [5, 5.41) is 9.12. The lowest BCUT2D eigenvalue weighted by atomic mass is 9.94. The van der Waals surface area contributed by atoms with E-state index in [0.29, 0.717) is 32.5 Å². The number of benzene rings is 1. The Morgan fingerprint density at radius 1 is 1.12 bits per heavy atom. The van der Waals surface area contributed by atoms with Crippen LogP contribution in [0.25, 0.3) is 0 Å². The second kappa shape index (κ2) is 11.3. The third kappa shape index (κ3) is 6.22. The van der Waals surface area contributed by atoms with Crippen molar-refractivity contribution in [3.05, 3.63) is 29.8 Å². The summed E-state index contributed by atoms with van der Waals surface area (Å²) in [7, 11) is 1.61. The van der Waals surface area contributed by atoms with Crippen molar-refractivity contribution in [2.75, 3.05) is 26.7 Å². The van der Waals surface area contributed by atoms with Crippen molar-refractivity contribution in [2.45, 2.75) is 58.2 Å². The molecule has 2 saturated heterocycles. The zero-order valence-electron chi connectivity index (χ0n) is 19.4. The molecule has 8 heteroatoms. The molecule has 0 unspecified atom stereocenters. The van der Waals surface area contributed by atoms with E-state index < -0.39 is 6.04 Å². The minimum atomic E-state index is -0.594. The summed E-state index contributed by atoms with van der Waals surface area (Å²) in [6, 6.07) is 6.84. The number of nitrogens with zero attached hydrogens (tertiary/aromatic N) is 1. The van der Waals surface area contributed by atoms with Gasteiger partial charge in [-0.1, -0.05) is 26.0 Å². The van der Waals surface area contributed by atoms with Gasteiger partial charge < -0.3 is 25.6 Å². The van der Waals surface area contributed by atoms with Crippen molar-refractivity contribution in [1.29, 1.82) is 0 Å². The molecule has 8 nitrogen and oxygen atoms in total. The molecular weight excluding hydrogens is 408 g/mol. The molecule has 0 aliphatic carbocycles. The molecule has 0 bridgehead atoms. The number of carbonyl (C=O) groups excluding carboxylic acids is 3. The lowest BCUT2D eigenvalue weighted by Crippen LogP contribution is -2.53. The highest BCUT2D eigenvalue weighted by Crippen LogP contribution is 2.20. The Bertz CT molecular complexity index is 782. The van der Waals surface area contributed by atoms with Crippen molar-refractivity contribution in [3.8, 4) is 5.75 Å². The van der Waals surface area contributed by atoms with Gasteiger partial charge in [0.15, 0.2) is 0 Å². The fourth-order valence-corrected chi connectivity index (χ4v) is 4.33. The second-order valence-electron chi connectivity index (χ2n) is 9.04. The molecule has 32 heavy (non-hydrogen) atoms. The van der Waals surface area contributed by atoms with Gasteiger partial charge in [-0.25, -0.2) is 0 Å². The summed E-state index contributed by atoms with van der Waals surface area (Å²) in [6.07, 6.45) is 3.18. The average Bonchev–Trinajstić information content (AvgIpc) is 3.35. The molecule has 2 aliphatic heterocycles. The molecule has 1 aromatic rings. The summed E-state index contributed by atoms with van der Waals surface area (Å²) in [5.74, 6) is 0.411. The molecule has 0 saturated carbocycles. The molecule has 2 aliphatic rings. The van der Waals surface area contributed by atoms with Crippen LogP contribution in [-0.4, -0.2) is 61.4 Å². The maximum atomic E-state index is 12.9. The van der Waals surface area contributed by atoms with Crippen LogP contribution in [0.1, 0.15) is 45.1 Å². The van der Waals surface area contributed by atoms with E-state index >= 15 is 0 Å². The van der Waals surface area contributed by atoms with E-state index in [1.165, 1.54) is 0 Å². The lowest BCUT2D eigenvalue weighted by molar-refractivity contribution is -0.138. The van der Waals surface area contributed by atoms with Crippen LogP contribution in [0.2, 0.25) is 0 Å². The quantitative estimate of drug-likeness (QED) is 0.564. The fraction of sp³-hybridized carbons (Fsp3) is 0.625. The third-order valence-electron chi connectivity index (χ3n) is 6.41. The van der Waals surface area contributed by atoms with Crippen molar-refractivity contribution in [1.82, 2.24) is 20.9 Å². The Morgan fingerprint density at radius 3 is 2.38 bits per heavy atom. The van der Waals surface area contributed by atoms with Gasteiger partial charge in [0.05, 0.1) is 13.2 Å². The van der Waals surface area contributed by atoms with Gasteiger partial charge in [-0.3, -0.25) is 14.4 Å². The van der Waals surface area contributed by atoms with Gasteiger partial charge in [0, 0.05) is 25.6 Å². The Kier molecular flexibility index (Phi) is 8.50. The van der Waals surface area contributed by atoms with E-state index in [-0.39, 0.29) is 35.6 Å². The van der Waals surface area contributed by atoms with E-state index in [2.05, 4.69) is 16.0 Å². The lowest BCUT2D eigenvalue weighted by Gasteiger charge is -2.34. The van der Waals surface area contributed by atoms with E-state index in [9.17, 15) is 14.4 Å². The first-order valence-electron chi connectivity index (χ1n) is 11.6. The van der Waals surface area contributed by atoms with Crippen molar-refractivity contribution < 1.29 is 19.1 Å². The highest BCUT2D eigenvalue weighted by molar-refractivity contribution is 5.89. The average molecular weight is 445 g/mol. The van der Waals surface area contributed by atoms with Crippen LogP contribution < -0.4 is 20.7 Å². The van der Waals surface area contributed by atoms with Gasteiger partial charge in [0.2, 0.25) is 17.7 Å². The van der Waals surface area contributed by atoms with Crippen molar-refractivity contribution in [3.63, 3.8) is 0 Å². The molecule has 2 heterocycles. The Morgan fingerprint density at radius 2 is 1.81 bits per heavy atom. The molecule has 2 atom stereocenters. The largest absolute Gasteiger partial charge is 0.497 e. The third-order valence-corrected chi connectivity index (χ3v) is 6.41. The smallest absolute Gasteiger partial charge is 0.243 e. The Labute approximate surface area is 190 Å². The summed E-state index contributed by atoms with van der Waals surface area (Å²) in [4.78, 5) is 40.1. The first-order chi connectivity index (χ1) is 15.4. The Hall–Kier alpha value is -2.61. The monoisotopic (exact) mass is 444 g/mol. The summed E-state index contributed by atoms with van der Waals surface area (Å²) >= 11 is 0. The van der Waals surface area contributed by atoms with E-state index in [1.54, 1.807) is 7.11 Å². The summed E-state index contributed by atoms with van der Waals surface area (Å²) < 4.78 is 5.15. The zero-order chi connectivity index (χ0) is 23.1. The van der Waals surface area contributed by atoms with Gasteiger partial charge >= 0.3 is 0 Å². The minimum absolute atomic E-state index is 0.0371. The van der Waals surface area contributed by atoms with Crippen LogP contribution >= 0.6 is 0 Å². The summed E-state index contributed by atoms with van der Waals surface area (Å²) in [5.41, 5.74) is 0.960. The zero-order valence-corrected chi connectivity index (χ0v) is 19.4. The molecule has 3 rings (SSSR count). The number of hydrogen-bond acceptors (Lipinski definition) is 5.